The number of hydrogen-bond acceptors (Lipinski definition) is 4. The maximum Gasteiger partial charge on any atom is 0.251 e. The van der Waals surface area contributed by atoms with Gasteiger partial charge in [-0.3, -0.25) is 4.79 Å². The first-order valence-corrected chi connectivity index (χ1v) is 9.21. The first kappa shape index (κ1) is 20.0. The zero-order valence-corrected chi connectivity index (χ0v) is 16.4. The Morgan fingerprint density at radius 1 is 0.966 bits per heavy atom. The summed E-state index contributed by atoms with van der Waals surface area (Å²) >= 11 is 0. The van der Waals surface area contributed by atoms with Gasteiger partial charge in [-0.2, -0.15) is 5.26 Å². The number of nitriles is 1. The molecule has 0 aromatic heterocycles. The molecular formula is C24H22N2O3. The van der Waals surface area contributed by atoms with Gasteiger partial charge < -0.3 is 14.8 Å². The molecule has 29 heavy (non-hydrogen) atoms. The van der Waals surface area contributed by atoms with Gasteiger partial charge in [0.05, 0.1) is 31.9 Å². The molecule has 0 bridgehead atoms. The van der Waals surface area contributed by atoms with Gasteiger partial charge in [0.15, 0.2) is 0 Å². The Morgan fingerprint density at radius 2 is 1.59 bits per heavy atom. The van der Waals surface area contributed by atoms with Crippen LogP contribution in [0.3, 0.4) is 0 Å². The summed E-state index contributed by atoms with van der Waals surface area (Å²) in [5.74, 6) is 1.31. The van der Waals surface area contributed by atoms with Crippen LogP contribution < -0.4 is 14.8 Å². The van der Waals surface area contributed by atoms with Crippen molar-refractivity contribution < 1.29 is 14.3 Å². The first-order chi connectivity index (χ1) is 14.1. The smallest absolute Gasteiger partial charge is 0.251 e. The van der Waals surface area contributed by atoms with Crippen LogP contribution in [0.25, 0.3) is 0 Å². The van der Waals surface area contributed by atoms with Crippen molar-refractivity contribution in [1.29, 1.82) is 5.26 Å². The van der Waals surface area contributed by atoms with Crippen LogP contribution in [0.2, 0.25) is 0 Å². The van der Waals surface area contributed by atoms with Gasteiger partial charge in [0, 0.05) is 5.56 Å². The highest BCUT2D eigenvalue weighted by Crippen LogP contribution is 2.23. The van der Waals surface area contributed by atoms with Crippen LogP contribution in [0.15, 0.2) is 72.8 Å². The molecule has 3 aromatic rings. The third kappa shape index (κ3) is 5.14. The summed E-state index contributed by atoms with van der Waals surface area (Å²) in [6, 6.07) is 23.9. The summed E-state index contributed by atoms with van der Waals surface area (Å²) in [6.07, 6.45) is 0.611. The molecule has 1 unspecified atom stereocenters. The van der Waals surface area contributed by atoms with Crippen molar-refractivity contribution in [1.82, 2.24) is 5.32 Å². The summed E-state index contributed by atoms with van der Waals surface area (Å²) in [6.45, 7) is 0. The number of rotatable bonds is 7. The number of amides is 1. The Hall–Kier alpha value is -3.78. The molecule has 0 fully saturated rings. The molecular weight excluding hydrogens is 364 g/mol. The van der Waals surface area contributed by atoms with E-state index >= 15 is 0 Å². The van der Waals surface area contributed by atoms with Crippen LogP contribution in [0.4, 0.5) is 0 Å². The molecule has 0 saturated carbocycles. The molecule has 0 heterocycles. The molecule has 0 aliphatic heterocycles. The number of benzene rings is 3. The number of ether oxygens (including phenoxy) is 2. The van der Waals surface area contributed by atoms with Crippen LogP contribution >= 0.6 is 0 Å². The summed E-state index contributed by atoms with van der Waals surface area (Å²) in [7, 11) is 3.25. The third-order valence-corrected chi connectivity index (χ3v) is 4.68. The third-order valence-electron chi connectivity index (χ3n) is 4.68. The van der Waals surface area contributed by atoms with Crippen molar-refractivity contribution in [2.45, 2.75) is 12.5 Å². The molecule has 5 nitrogen and oxygen atoms in total. The van der Waals surface area contributed by atoms with E-state index in [1.165, 1.54) is 0 Å². The normalized spacial score (nSPS) is 11.2. The van der Waals surface area contributed by atoms with Gasteiger partial charge in [-0.1, -0.05) is 30.3 Å². The van der Waals surface area contributed by atoms with Crippen LogP contribution in [0.5, 0.6) is 11.5 Å². The van der Waals surface area contributed by atoms with Crippen LogP contribution in [0, 0.1) is 11.3 Å². The number of nitrogens with one attached hydrogen (secondary N) is 1. The van der Waals surface area contributed by atoms with Gasteiger partial charge in [-0.05, 0) is 60.0 Å². The number of nitrogens with zero attached hydrogens (tertiary/aromatic N) is 1. The second kappa shape index (κ2) is 9.43. The number of hydrogen-bond donors (Lipinski definition) is 1. The van der Waals surface area contributed by atoms with Gasteiger partial charge in [-0.25, -0.2) is 0 Å². The van der Waals surface area contributed by atoms with Gasteiger partial charge in [0.2, 0.25) is 0 Å². The minimum absolute atomic E-state index is 0.226. The van der Waals surface area contributed by atoms with E-state index in [1.807, 2.05) is 48.5 Å². The number of methoxy groups -OCH3 is 2. The molecule has 1 amide bonds. The van der Waals surface area contributed by atoms with E-state index < -0.39 is 0 Å². The Morgan fingerprint density at radius 3 is 2.17 bits per heavy atom. The van der Waals surface area contributed by atoms with Crippen molar-refractivity contribution in [3.63, 3.8) is 0 Å². The zero-order chi connectivity index (χ0) is 20.6. The molecule has 1 atom stereocenters. The molecule has 5 heteroatoms. The van der Waals surface area contributed by atoms with E-state index in [-0.39, 0.29) is 11.9 Å². The molecule has 0 aliphatic rings. The quantitative estimate of drug-likeness (QED) is 0.658. The van der Waals surface area contributed by atoms with Crippen molar-refractivity contribution in [2.75, 3.05) is 14.2 Å². The van der Waals surface area contributed by atoms with Gasteiger partial charge in [0.1, 0.15) is 11.5 Å². The lowest BCUT2D eigenvalue weighted by atomic mass is 9.98. The highest BCUT2D eigenvalue weighted by atomic mass is 16.5. The van der Waals surface area contributed by atoms with Crippen LogP contribution in [-0.2, 0) is 6.42 Å². The Bertz CT molecular complexity index is 1010. The van der Waals surface area contributed by atoms with Crippen molar-refractivity contribution >= 4 is 5.91 Å². The average molecular weight is 386 g/mol. The van der Waals surface area contributed by atoms with E-state index in [4.69, 9.17) is 14.7 Å². The zero-order valence-electron chi connectivity index (χ0n) is 16.4. The van der Waals surface area contributed by atoms with E-state index in [2.05, 4.69) is 11.4 Å². The molecule has 3 aromatic carbocycles. The fourth-order valence-corrected chi connectivity index (χ4v) is 3.06. The van der Waals surface area contributed by atoms with Crippen LogP contribution in [-0.4, -0.2) is 20.1 Å². The minimum Gasteiger partial charge on any atom is -0.497 e. The summed E-state index contributed by atoms with van der Waals surface area (Å²) in [5.41, 5.74) is 2.94. The minimum atomic E-state index is -0.243. The molecule has 0 saturated heterocycles. The lowest BCUT2D eigenvalue weighted by Gasteiger charge is -2.20. The van der Waals surface area contributed by atoms with Gasteiger partial charge >= 0.3 is 0 Å². The molecule has 0 aliphatic carbocycles. The lowest BCUT2D eigenvalue weighted by Crippen LogP contribution is -2.30. The molecule has 146 valence electrons. The van der Waals surface area contributed by atoms with E-state index in [9.17, 15) is 4.79 Å². The fourth-order valence-electron chi connectivity index (χ4n) is 3.06. The summed E-state index contributed by atoms with van der Waals surface area (Å²) in [5, 5.41) is 12.2. The Kier molecular flexibility index (Phi) is 6.49. The number of carbonyl (C=O) groups is 1. The predicted molar refractivity (Wildman–Crippen MR) is 111 cm³/mol. The van der Waals surface area contributed by atoms with Crippen molar-refractivity contribution in [3.05, 3.63) is 95.1 Å². The lowest BCUT2D eigenvalue weighted by molar-refractivity contribution is 0.0936. The van der Waals surface area contributed by atoms with E-state index in [0.29, 0.717) is 17.5 Å². The average Bonchev–Trinajstić information content (AvgIpc) is 2.79. The largest absolute Gasteiger partial charge is 0.497 e. The monoisotopic (exact) mass is 386 g/mol. The number of carbonyl (C=O) groups excluding carboxylic acids is 1. The van der Waals surface area contributed by atoms with Gasteiger partial charge in [-0.15, -0.1) is 0 Å². The standard InChI is InChI=1S/C24H22N2O3/c1-28-21-10-6-17(7-11-21)15-23(19-8-12-22(29-2)13-9-19)26-24(27)20-5-3-4-18(14-20)16-25/h3-14,23H,15H2,1-2H3,(H,26,27). The predicted octanol–water partition coefficient (Wildman–Crippen LogP) is 4.29. The molecule has 0 radical (unpaired) electrons. The van der Waals surface area contributed by atoms with Gasteiger partial charge in [0.25, 0.3) is 5.91 Å². The Labute approximate surface area is 170 Å². The molecule has 1 N–H and O–H groups in total. The van der Waals surface area contributed by atoms with E-state index in [1.54, 1.807) is 38.5 Å². The highest BCUT2D eigenvalue weighted by molar-refractivity contribution is 5.94. The second-order valence-electron chi connectivity index (χ2n) is 6.54. The molecule has 3 rings (SSSR count). The van der Waals surface area contributed by atoms with Crippen molar-refractivity contribution in [3.8, 4) is 17.6 Å². The summed E-state index contributed by atoms with van der Waals surface area (Å²) in [4.78, 5) is 12.8. The second-order valence-corrected chi connectivity index (χ2v) is 6.54. The Balaban J connectivity index is 1.86. The SMILES string of the molecule is COc1ccc(CC(NC(=O)c2cccc(C#N)c2)c2ccc(OC)cc2)cc1. The molecule has 0 spiro atoms. The topological polar surface area (TPSA) is 71.3 Å². The van der Waals surface area contributed by atoms with Crippen LogP contribution in [0.1, 0.15) is 33.1 Å². The summed E-state index contributed by atoms with van der Waals surface area (Å²) < 4.78 is 10.5. The highest BCUT2D eigenvalue weighted by Gasteiger charge is 2.17. The maximum absolute atomic E-state index is 12.8. The first-order valence-electron chi connectivity index (χ1n) is 9.21. The maximum atomic E-state index is 12.8. The van der Waals surface area contributed by atoms with E-state index in [0.717, 1.165) is 22.6 Å². The van der Waals surface area contributed by atoms with Crippen molar-refractivity contribution in [2.24, 2.45) is 0 Å². The fraction of sp³-hybridized carbons (Fsp3) is 0.167.